The molecule has 0 unspecified atom stereocenters. The van der Waals surface area contributed by atoms with Crippen LogP contribution in [0.4, 0.5) is 4.39 Å². The summed E-state index contributed by atoms with van der Waals surface area (Å²) >= 11 is 0. The van der Waals surface area contributed by atoms with Crippen LogP contribution in [0.5, 0.6) is 0 Å². The molecule has 0 radical (unpaired) electrons. The first-order valence-electron chi connectivity index (χ1n) is 15.8. The van der Waals surface area contributed by atoms with E-state index in [0.717, 1.165) is 29.5 Å². The van der Waals surface area contributed by atoms with Crippen molar-refractivity contribution in [3.63, 3.8) is 0 Å². The van der Waals surface area contributed by atoms with Crippen LogP contribution in [0.2, 0.25) is 0 Å². The van der Waals surface area contributed by atoms with E-state index in [9.17, 15) is 22.4 Å². The number of nitrogens with one attached hydrogen (secondary N) is 1. The minimum Gasteiger partial charge on any atom is -0.354 e. The molecular formula is C37H40FN3O4S. The molecule has 4 aromatic carbocycles. The molecule has 1 saturated heterocycles. The van der Waals surface area contributed by atoms with E-state index < -0.39 is 16.1 Å². The lowest BCUT2D eigenvalue weighted by atomic mass is 10.0. The SMILES string of the molecule is O=C(NCCc1ccccc1)[C@H](Cc1ccccc1)N(Cc1ccc(F)cc1)C(=O)CCc1ccc(S(=O)(=O)N2CCCC2)cc1. The summed E-state index contributed by atoms with van der Waals surface area (Å²) in [7, 11) is -3.53. The van der Waals surface area contributed by atoms with Crippen LogP contribution in [0.1, 0.15) is 41.5 Å². The van der Waals surface area contributed by atoms with Gasteiger partial charge in [-0.1, -0.05) is 84.9 Å². The van der Waals surface area contributed by atoms with Crippen LogP contribution >= 0.6 is 0 Å². The Morgan fingerprint density at radius 2 is 1.30 bits per heavy atom. The molecule has 2 amide bonds. The monoisotopic (exact) mass is 641 g/mol. The molecule has 0 aliphatic carbocycles. The van der Waals surface area contributed by atoms with Crippen LogP contribution in [0.25, 0.3) is 0 Å². The van der Waals surface area contributed by atoms with Crippen molar-refractivity contribution < 1.29 is 22.4 Å². The zero-order valence-electron chi connectivity index (χ0n) is 25.9. The van der Waals surface area contributed by atoms with E-state index in [-0.39, 0.29) is 35.5 Å². The molecule has 0 spiro atoms. The Labute approximate surface area is 271 Å². The van der Waals surface area contributed by atoms with Gasteiger partial charge in [-0.05, 0) is 72.2 Å². The summed E-state index contributed by atoms with van der Waals surface area (Å²) in [5.41, 5.74) is 3.54. The maximum absolute atomic E-state index is 14.0. The third kappa shape index (κ3) is 8.89. The number of sulfonamides is 1. The molecule has 1 atom stereocenters. The van der Waals surface area contributed by atoms with E-state index >= 15 is 0 Å². The van der Waals surface area contributed by atoms with Crippen molar-refractivity contribution >= 4 is 21.8 Å². The number of amides is 2. The maximum atomic E-state index is 14.0. The molecule has 9 heteroatoms. The topological polar surface area (TPSA) is 86.8 Å². The summed E-state index contributed by atoms with van der Waals surface area (Å²) in [6.07, 6.45) is 3.18. The molecule has 0 bridgehead atoms. The number of halogens is 1. The molecular weight excluding hydrogens is 601 g/mol. The summed E-state index contributed by atoms with van der Waals surface area (Å²) in [4.78, 5) is 29.6. The number of carbonyl (C=O) groups is 2. The highest BCUT2D eigenvalue weighted by molar-refractivity contribution is 7.89. The van der Waals surface area contributed by atoms with Gasteiger partial charge in [0.2, 0.25) is 21.8 Å². The lowest BCUT2D eigenvalue weighted by molar-refractivity contribution is -0.141. The van der Waals surface area contributed by atoms with E-state index in [1.54, 1.807) is 41.3 Å². The molecule has 1 heterocycles. The van der Waals surface area contributed by atoms with Gasteiger partial charge >= 0.3 is 0 Å². The molecule has 5 rings (SSSR count). The number of benzene rings is 4. The second-order valence-electron chi connectivity index (χ2n) is 11.6. The summed E-state index contributed by atoms with van der Waals surface area (Å²) < 4.78 is 41.1. The fourth-order valence-corrected chi connectivity index (χ4v) is 7.25. The Balaban J connectivity index is 1.34. The van der Waals surface area contributed by atoms with Crippen molar-refractivity contribution in [2.24, 2.45) is 0 Å². The zero-order valence-corrected chi connectivity index (χ0v) is 26.7. The molecule has 1 aliphatic heterocycles. The molecule has 46 heavy (non-hydrogen) atoms. The average molecular weight is 642 g/mol. The second-order valence-corrected chi connectivity index (χ2v) is 13.6. The van der Waals surface area contributed by atoms with Crippen LogP contribution < -0.4 is 5.32 Å². The molecule has 7 nitrogen and oxygen atoms in total. The van der Waals surface area contributed by atoms with Crippen LogP contribution in [0.15, 0.2) is 114 Å². The number of rotatable bonds is 14. The summed E-state index contributed by atoms with van der Waals surface area (Å²) in [6, 6.07) is 31.3. The largest absolute Gasteiger partial charge is 0.354 e. The van der Waals surface area contributed by atoms with Gasteiger partial charge in [0.05, 0.1) is 4.90 Å². The minimum absolute atomic E-state index is 0.113. The Morgan fingerprint density at radius 3 is 1.93 bits per heavy atom. The number of hydrogen-bond acceptors (Lipinski definition) is 4. The Morgan fingerprint density at radius 1 is 0.739 bits per heavy atom. The number of carbonyl (C=O) groups excluding carboxylic acids is 2. The van der Waals surface area contributed by atoms with Crippen molar-refractivity contribution in [2.45, 2.75) is 56.0 Å². The third-order valence-corrected chi connectivity index (χ3v) is 10.3. The van der Waals surface area contributed by atoms with Crippen LogP contribution in [-0.2, 0) is 45.4 Å². The molecule has 1 fully saturated rings. The van der Waals surface area contributed by atoms with Crippen molar-refractivity contribution in [3.8, 4) is 0 Å². The average Bonchev–Trinajstić information content (AvgIpc) is 3.64. The summed E-state index contributed by atoms with van der Waals surface area (Å²) in [5, 5.41) is 3.05. The third-order valence-electron chi connectivity index (χ3n) is 8.35. The normalized spacial score (nSPS) is 14.1. The summed E-state index contributed by atoms with van der Waals surface area (Å²) in [6.45, 7) is 1.62. The van der Waals surface area contributed by atoms with E-state index in [4.69, 9.17) is 0 Å². The van der Waals surface area contributed by atoms with Gasteiger partial charge in [0, 0.05) is 39.0 Å². The van der Waals surface area contributed by atoms with Crippen LogP contribution in [-0.4, -0.2) is 55.1 Å². The summed E-state index contributed by atoms with van der Waals surface area (Å²) in [5.74, 6) is -0.861. The van der Waals surface area contributed by atoms with Gasteiger partial charge in [-0.3, -0.25) is 9.59 Å². The smallest absolute Gasteiger partial charge is 0.243 e. The number of aryl methyl sites for hydroxylation is 1. The van der Waals surface area contributed by atoms with E-state index in [1.165, 1.54) is 16.4 Å². The Hall–Kier alpha value is -4.34. The maximum Gasteiger partial charge on any atom is 0.243 e. The number of nitrogens with zero attached hydrogens (tertiary/aromatic N) is 2. The lowest BCUT2D eigenvalue weighted by Gasteiger charge is -2.32. The quantitative estimate of drug-likeness (QED) is 0.196. The zero-order chi connectivity index (χ0) is 32.4. The first-order valence-corrected chi connectivity index (χ1v) is 17.2. The second kappa shape index (κ2) is 15.8. The van der Waals surface area contributed by atoms with Crippen molar-refractivity contribution in [1.29, 1.82) is 0 Å². The van der Waals surface area contributed by atoms with E-state index in [2.05, 4.69) is 5.32 Å². The standard InChI is InChI=1S/C37H40FN3O4S/c38-33-18-13-32(14-19-33)28-41(36(42)22-17-30-15-20-34(21-16-30)46(44,45)40-25-7-8-26-40)35(27-31-11-5-2-6-12-31)37(43)39-24-23-29-9-3-1-4-10-29/h1-6,9-16,18-21,35H,7-8,17,22-28H2,(H,39,43)/t35-/m0/s1. The highest BCUT2D eigenvalue weighted by Gasteiger charge is 2.30. The van der Waals surface area contributed by atoms with Crippen molar-refractivity contribution in [1.82, 2.24) is 14.5 Å². The first kappa shape index (κ1) is 33.0. The van der Waals surface area contributed by atoms with E-state index in [1.807, 2.05) is 60.7 Å². The van der Waals surface area contributed by atoms with Gasteiger partial charge in [-0.15, -0.1) is 0 Å². The van der Waals surface area contributed by atoms with E-state index in [0.29, 0.717) is 44.5 Å². The highest BCUT2D eigenvalue weighted by atomic mass is 32.2. The number of hydrogen-bond donors (Lipinski definition) is 1. The fourth-order valence-electron chi connectivity index (χ4n) is 5.73. The molecule has 0 aromatic heterocycles. The minimum atomic E-state index is -3.53. The molecule has 1 N–H and O–H groups in total. The van der Waals surface area contributed by atoms with Gasteiger partial charge in [-0.25, -0.2) is 12.8 Å². The lowest BCUT2D eigenvalue weighted by Crippen LogP contribution is -2.50. The van der Waals surface area contributed by atoms with Crippen LogP contribution in [0.3, 0.4) is 0 Å². The van der Waals surface area contributed by atoms with Crippen LogP contribution in [0, 0.1) is 5.82 Å². The van der Waals surface area contributed by atoms with Gasteiger partial charge in [0.1, 0.15) is 11.9 Å². The van der Waals surface area contributed by atoms with Crippen molar-refractivity contribution in [2.75, 3.05) is 19.6 Å². The molecule has 0 saturated carbocycles. The van der Waals surface area contributed by atoms with Gasteiger partial charge in [0.25, 0.3) is 0 Å². The molecule has 4 aromatic rings. The first-order chi connectivity index (χ1) is 22.3. The predicted molar refractivity (Wildman–Crippen MR) is 177 cm³/mol. The van der Waals surface area contributed by atoms with Crippen molar-refractivity contribution in [3.05, 3.63) is 137 Å². The molecule has 240 valence electrons. The Kier molecular flexibility index (Phi) is 11.3. The Bertz CT molecular complexity index is 1680. The highest BCUT2D eigenvalue weighted by Crippen LogP contribution is 2.22. The fraction of sp³-hybridized carbons (Fsp3) is 0.297. The predicted octanol–water partition coefficient (Wildman–Crippen LogP) is 5.54. The van der Waals surface area contributed by atoms with Gasteiger partial charge in [0.15, 0.2) is 0 Å². The van der Waals surface area contributed by atoms with Gasteiger partial charge in [-0.2, -0.15) is 4.31 Å². The van der Waals surface area contributed by atoms with Gasteiger partial charge < -0.3 is 10.2 Å². The molecule has 1 aliphatic rings.